The van der Waals surface area contributed by atoms with Crippen molar-refractivity contribution in [3.8, 4) is 0 Å². The van der Waals surface area contributed by atoms with Crippen LogP contribution < -0.4 is 11.5 Å². The second-order valence-corrected chi connectivity index (χ2v) is 6.26. The molecule has 0 saturated carbocycles. The zero-order chi connectivity index (χ0) is 14.5. The van der Waals surface area contributed by atoms with E-state index >= 15 is 0 Å². The van der Waals surface area contributed by atoms with Gasteiger partial charge in [-0.2, -0.15) is 0 Å². The molecule has 0 aromatic heterocycles. The lowest BCUT2D eigenvalue weighted by Gasteiger charge is -2.32. The molecule has 0 atom stereocenters. The van der Waals surface area contributed by atoms with Gasteiger partial charge in [0.25, 0.3) is 0 Å². The first-order valence-electron chi connectivity index (χ1n) is 7.13. The summed E-state index contributed by atoms with van der Waals surface area (Å²) in [4.78, 5) is 25.0. The van der Waals surface area contributed by atoms with Crippen LogP contribution in [0.1, 0.15) is 46.0 Å². The van der Waals surface area contributed by atoms with Gasteiger partial charge >= 0.3 is 0 Å². The fourth-order valence-electron chi connectivity index (χ4n) is 2.53. The van der Waals surface area contributed by atoms with Crippen molar-refractivity contribution < 1.29 is 9.59 Å². The molecule has 0 radical (unpaired) electrons. The maximum atomic E-state index is 12.1. The Morgan fingerprint density at radius 1 is 1.21 bits per heavy atom. The Balaban J connectivity index is 2.34. The van der Waals surface area contributed by atoms with Gasteiger partial charge in [0.05, 0.1) is 0 Å². The number of carbonyl (C=O) groups is 2. The minimum absolute atomic E-state index is 0.0577. The van der Waals surface area contributed by atoms with E-state index in [9.17, 15) is 9.59 Å². The van der Waals surface area contributed by atoms with Gasteiger partial charge in [0.2, 0.25) is 11.8 Å². The smallest absolute Gasteiger partial charge is 0.222 e. The van der Waals surface area contributed by atoms with Crippen molar-refractivity contribution >= 4 is 11.8 Å². The highest BCUT2D eigenvalue weighted by Crippen LogP contribution is 2.27. The molecule has 1 saturated heterocycles. The number of nitrogens with zero attached hydrogens (tertiary/aromatic N) is 1. The van der Waals surface area contributed by atoms with E-state index in [2.05, 4.69) is 13.8 Å². The summed E-state index contributed by atoms with van der Waals surface area (Å²) in [6, 6.07) is 0. The molecule has 1 fully saturated rings. The molecule has 5 nitrogen and oxygen atoms in total. The van der Waals surface area contributed by atoms with E-state index < -0.39 is 0 Å². The molecule has 0 bridgehead atoms. The van der Waals surface area contributed by atoms with Crippen LogP contribution in [0, 0.1) is 11.3 Å². The molecule has 1 rings (SSSR count). The molecule has 0 spiro atoms. The Labute approximate surface area is 115 Å². The second kappa shape index (κ2) is 6.89. The van der Waals surface area contributed by atoms with Gasteiger partial charge in [0, 0.05) is 25.4 Å². The molecule has 5 heteroatoms. The minimum atomic E-state index is -0.240. The first kappa shape index (κ1) is 16.0. The van der Waals surface area contributed by atoms with Crippen LogP contribution in [-0.4, -0.2) is 36.3 Å². The van der Waals surface area contributed by atoms with Crippen molar-refractivity contribution in [2.45, 2.75) is 46.0 Å². The predicted octanol–water partition coefficient (Wildman–Crippen LogP) is 0.866. The number of hydrogen-bond donors (Lipinski definition) is 2. The topological polar surface area (TPSA) is 89.4 Å². The van der Waals surface area contributed by atoms with Crippen LogP contribution in [0.3, 0.4) is 0 Å². The molecule has 0 unspecified atom stereocenters. The zero-order valence-corrected chi connectivity index (χ0v) is 12.2. The van der Waals surface area contributed by atoms with E-state index in [1.54, 1.807) is 0 Å². The Kier molecular flexibility index (Phi) is 5.79. The standard InChI is InChI=1S/C14H27N3O2/c1-14(2,7-8-15)6-3-12(18)17-9-4-11(5-10-17)13(16)19/h11H,3-10,15H2,1-2H3,(H2,16,19). The fourth-order valence-corrected chi connectivity index (χ4v) is 2.53. The van der Waals surface area contributed by atoms with Crippen LogP contribution in [0.4, 0.5) is 0 Å². The molecule has 1 aliphatic heterocycles. The van der Waals surface area contributed by atoms with Crippen molar-refractivity contribution in [1.29, 1.82) is 0 Å². The quantitative estimate of drug-likeness (QED) is 0.749. The van der Waals surface area contributed by atoms with Crippen LogP contribution in [0.5, 0.6) is 0 Å². The first-order chi connectivity index (χ1) is 8.85. The van der Waals surface area contributed by atoms with Gasteiger partial charge in [-0.25, -0.2) is 0 Å². The number of amides is 2. The largest absolute Gasteiger partial charge is 0.369 e. The van der Waals surface area contributed by atoms with Gasteiger partial charge in [-0.3, -0.25) is 9.59 Å². The van der Waals surface area contributed by atoms with Gasteiger partial charge < -0.3 is 16.4 Å². The second-order valence-electron chi connectivity index (χ2n) is 6.26. The number of nitrogens with two attached hydrogens (primary N) is 2. The van der Waals surface area contributed by atoms with Crippen LogP contribution in [0.2, 0.25) is 0 Å². The van der Waals surface area contributed by atoms with E-state index in [0.29, 0.717) is 38.9 Å². The van der Waals surface area contributed by atoms with E-state index in [1.807, 2.05) is 4.90 Å². The lowest BCUT2D eigenvalue weighted by atomic mass is 9.84. The minimum Gasteiger partial charge on any atom is -0.369 e. The first-order valence-corrected chi connectivity index (χ1v) is 7.13. The molecule has 1 heterocycles. The molecule has 4 N–H and O–H groups in total. The van der Waals surface area contributed by atoms with E-state index in [4.69, 9.17) is 11.5 Å². The number of hydrogen-bond acceptors (Lipinski definition) is 3. The third kappa shape index (κ3) is 5.19. The number of carbonyl (C=O) groups excluding carboxylic acids is 2. The van der Waals surface area contributed by atoms with Gasteiger partial charge in [-0.05, 0) is 37.6 Å². The van der Waals surface area contributed by atoms with Crippen molar-refractivity contribution in [3.05, 3.63) is 0 Å². The summed E-state index contributed by atoms with van der Waals surface area (Å²) in [5, 5.41) is 0. The summed E-state index contributed by atoms with van der Waals surface area (Å²) in [5.41, 5.74) is 11.0. The van der Waals surface area contributed by atoms with E-state index in [-0.39, 0.29) is 23.1 Å². The lowest BCUT2D eigenvalue weighted by Crippen LogP contribution is -2.42. The molecular weight excluding hydrogens is 242 g/mol. The Bertz CT molecular complexity index is 321. The van der Waals surface area contributed by atoms with Crippen molar-refractivity contribution in [1.82, 2.24) is 4.90 Å². The third-order valence-electron chi connectivity index (χ3n) is 4.09. The lowest BCUT2D eigenvalue weighted by molar-refractivity contribution is -0.135. The molecule has 2 amide bonds. The van der Waals surface area contributed by atoms with Crippen LogP contribution in [0.25, 0.3) is 0 Å². The normalized spacial score (nSPS) is 17.5. The summed E-state index contributed by atoms with van der Waals surface area (Å²) in [7, 11) is 0. The molecule has 0 aromatic carbocycles. The van der Waals surface area contributed by atoms with Gasteiger partial charge in [-0.15, -0.1) is 0 Å². The monoisotopic (exact) mass is 269 g/mol. The van der Waals surface area contributed by atoms with Gasteiger partial charge in [-0.1, -0.05) is 13.8 Å². The number of primary amides is 1. The van der Waals surface area contributed by atoms with Gasteiger partial charge in [0.1, 0.15) is 0 Å². The Hall–Kier alpha value is -1.10. The van der Waals surface area contributed by atoms with E-state index in [1.165, 1.54) is 0 Å². The van der Waals surface area contributed by atoms with Crippen LogP contribution >= 0.6 is 0 Å². The predicted molar refractivity (Wildman–Crippen MR) is 75.2 cm³/mol. The average Bonchev–Trinajstić information content (AvgIpc) is 2.36. The zero-order valence-electron chi connectivity index (χ0n) is 12.2. The maximum absolute atomic E-state index is 12.1. The average molecular weight is 269 g/mol. The van der Waals surface area contributed by atoms with Crippen molar-refractivity contribution in [3.63, 3.8) is 0 Å². The molecule has 0 aromatic rings. The molecule has 110 valence electrons. The number of rotatable bonds is 6. The van der Waals surface area contributed by atoms with Crippen molar-refractivity contribution in [2.24, 2.45) is 22.8 Å². The maximum Gasteiger partial charge on any atom is 0.222 e. The highest BCUT2D eigenvalue weighted by Gasteiger charge is 2.27. The highest BCUT2D eigenvalue weighted by molar-refractivity contribution is 5.78. The number of piperidine rings is 1. The van der Waals surface area contributed by atoms with Crippen molar-refractivity contribution in [2.75, 3.05) is 19.6 Å². The summed E-state index contributed by atoms with van der Waals surface area (Å²) >= 11 is 0. The van der Waals surface area contributed by atoms with Crippen LogP contribution in [-0.2, 0) is 9.59 Å². The fraction of sp³-hybridized carbons (Fsp3) is 0.857. The molecule has 19 heavy (non-hydrogen) atoms. The third-order valence-corrected chi connectivity index (χ3v) is 4.09. The summed E-state index contributed by atoms with van der Waals surface area (Å²) in [5.74, 6) is -0.109. The SMILES string of the molecule is CC(C)(CCN)CCC(=O)N1CCC(C(N)=O)CC1. The van der Waals surface area contributed by atoms with Crippen LogP contribution in [0.15, 0.2) is 0 Å². The molecular formula is C14H27N3O2. The summed E-state index contributed by atoms with van der Waals surface area (Å²) in [6.45, 7) is 6.26. The van der Waals surface area contributed by atoms with Gasteiger partial charge in [0.15, 0.2) is 0 Å². The van der Waals surface area contributed by atoms with E-state index in [0.717, 1.165) is 12.8 Å². The Morgan fingerprint density at radius 2 is 1.79 bits per heavy atom. The summed E-state index contributed by atoms with van der Waals surface area (Å²) in [6.07, 6.45) is 3.76. The molecule has 0 aliphatic carbocycles. The highest BCUT2D eigenvalue weighted by atomic mass is 16.2. The summed E-state index contributed by atoms with van der Waals surface area (Å²) < 4.78 is 0. The number of likely N-dealkylation sites (tertiary alicyclic amines) is 1. The molecule has 1 aliphatic rings. The Morgan fingerprint density at radius 3 is 2.26 bits per heavy atom.